The number of H-pyrrole nitrogens is 1. The fourth-order valence-corrected chi connectivity index (χ4v) is 2.98. The first-order chi connectivity index (χ1) is 10.3. The number of carbonyl (C=O) groups excluding carboxylic acids is 1. The molecule has 0 aliphatic heterocycles. The van der Waals surface area contributed by atoms with Crippen molar-refractivity contribution < 1.29 is 4.79 Å². The van der Waals surface area contributed by atoms with Crippen molar-refractivity contribution in [1.82, 2.24) is 25.2 Å². The molecule has 0 aliphatic carbocycles. The molecule has 1 aromatic carbocycles. The van der Waals surface area contributed by atoms with E-state index in [0.717, 1.165) is 16.5 Å². The Hall–Kier alpha value is -2.80. The van der Waals surface area contributed by atoms with Gasteiger partial charge in [0.25, 0.3) is 5.91 Å². The lowest BCUT2D eigenvalue weighted by Gasteiger charge is -2.00. The van der Waals surface area contributed by atoms with Crippen molar-refractivity contribution in [1.29, 1.82) is 0 Å². The third kappa shape index (κ3) is 1.86. The van der Waals surface area contributed by atoms with Gasteiger partial charge in [-0.05, 0) is 22.7 Å². The molecule has 0 spiro atoms. The van der Waals surface area contributed by atoms with E-state index in [9.17, 15) is 4.79 Å². The Bertz CT molecular complexity index is 908. The molecule has 4 aromatic rings. The van der Waals surface area contributed by atoms with E-state index in [1.807, 2.05) is 41.8 Å². The van der Waals surface area contributed by atoms with Crippen LogP contribution in [0.1, 0.15) is 9.67 Å². The smallest absolute Gasteiger partial charge is 0.272 e. The van der Waals surface area contributed by atoms with Crippen LogP contribution in [0.25, 0.3) is 22.3 Å². The van der Waals surface area contributed by atoms with Gasteiger partial charge in [-0.25, -0.2) is 0 Å². The molecule has 0 atom stereocenters. The maximum absolute atomic E-state index is 12.6. The van der Waals surface area contributed by atoms with E-state index >= 15 is 0 Å². The molecular formula is C14H9N5OS. The number of aromatic amines is 1. The summed E-state index contributed by atoms with van der Waals surface area (Å²) in [4.78, 5) is 13.3. The van der Waals surface area contributed by atoms with Crippen LogP contribution >= 0.6 is 11.3 Å². The van der Waals surface area contributed by atoms with E-state index in [4.69, 9.17) is 0 Å². The second kappa shape index (κ2) is 4.64. The average Bonchev–Trinajstić information content (AvgIpc) is 3.25. The van der Waals surface area contributed by atoms with Crippen LogP contribution in [-0.2, 0) is 0 Å². The average molecular weight is 295 g/mol. The van der Waals surface area contributed by atoms with Gasteiger partial charge in [-0.1, -0.05) is 24.3 Å². The summed E-state index contributed by atoms with van der Waals surface area (Å²) in [5.74, 6) is 0.417. The monoisotopic (exact) mass is 295 g/mol. The third-order valence-corrected chi connectivity index (χ3v) is 4.11. The molecular weight excluding hydrogens is 286 g/mol. The Labute approximate surface area is 123 Å². The second-order valence-electron chi connectivity index (χ2n) is 4.45. The number of nitrogens with zero attached hydrogens (tertiary/aromatic N) is 4. The summed E-state index contributed by atoms with van der Waals surface area (Å²) < 4.78 is 1.63. The van der Waals surface area contributed by atoms with Crippen LogP contribution in [0.15, 0.2) is 48.0 Å². The molecule has 0 radical (unpaired) electrons. The van der Waals surface area contributed by atoms with E-state index in [-0.39, 0.29) is 5.91 Å². The van der Waals surface area contributed by atoms with Crippen LogP contribution in [0, 0.1) is 0 Å². The lowest BCUT2D eigenvalue weighted by molar-refractivity contribution is 0.0969. The molecule has 102 valence electrons. The van der Waals surface area contributed by atoms with Crippen LogP contribution in [-0.4, -0.2) is 31.1 Å². The minimum absolute atomic E-state index is 0.0593. The summed E-state index contributed by atoms with van der Waals surface area (Å²) in [6.07, 6.45) is 1.76. The van der Waals surface area contributed by atoms with Gasteiger partial charge in [-0.2, -0.15) is 5.21 Å². The van der Waals surface area contributed by atoms with Crippen molar-refractivity contribution in [3.8, 4) is 11.4 Å². The van der Waals surface area contributed by atoms with Gasteiger partial charge in [-0.15, -0.1) is 21.5 Å². The summed E-state index contributed by atoms with van der Waals surface area (Å²) in [6, 6.07) is 11.4. The number of thiophene rings is 1. The Balaban J connectivity index is 1.96. The van der Waals surface area contributed by atoms with Gasteiger partial charge >= 0.3 is 0 Å². The van der Waals surface area contributed by atoms with Crippen LogP contribution in [0.5, 0.6) is 0 Å². The number of para-hydroxylation sites is 1. The van der Waals surface area contributed by atoms with Crippen molar-refractivity contribution in [2.75, 3.05) is 0 Å². The topological polar surface area (TPSA) is 76.5 Å². The molecule has 4 rings (SSSR count). The zero-order valence-electron chi connectivity index (χ0n) is 10.7. The van der Waals surface area contributed by atoms with E-state index in [1.165, 1.54) is 11.3 Å². The van der Waals surface area contributed by atoms with Gasteiger partial charge in [0.05, 0.1) is 10.4 Å². The molecule has 0 amide bonds. The quantitative estimate of drug-likeness (QED) is 0.616. The predicted molar refractivity (Wildman–Crippen MR) is 79.2 cm³/mol. The van der Waals surface area contributed by atoms with Gasteiger partial charge in [0.1, 0.15) is 0 Å². The minimum atomic E-state index is -0.0593. The number of carbonyl (C=O) groups is 1. The van der Waals surface area contributed by atoms with Crippen molar-refractivity contribution in [3.05, 3.63) is 52.9 Å². The third-order valence-electron chi connectivity index (χ3n) is 3.25. The highest BCUT2D eigenvalue weighted by molar-refractivity contribution is 7.12. The molecule has 3 heterocycles. The molecule has 7 heteroatoms. The summed E-state index contributed by atoms with van der Waals surface area (Å²) in [5, 5.41) is 16.8. The van der Waals surface area contributed by atoms with Crippen LogP contribution in [0.4, 0.5) is 0 Å². The molecule has 0 saturated heterocycles. The van der Waals surface area contributed by atoms with E-state index in [0.29, 0.717) is 10.7 Å². The number of aromatic nitrogens is 5. The molecule has 0 unspecified atom stereocenters. The first kappa shape index (κ1) is 12.0. The Morgan fingerprint density at radius 1 is 1.19 bits per heavy atom. The highest BCUT2D eigenvalue weighted by Gasteiger charge is 2.18. The first-order valence-electron chi connectivity index (χ1n) is 6.27. The summed E-state index contributed by atoms with van der Waals surface area (Å²) >= 11 is 1.42. The van der Waals surface area contributed by atoms with E-state index in [1.54, 1.807) is 10.8 Å². The number of rotatable bonds is 2. The van der Waals surface area contributed by atoms with E-state index in [2.05, 4.69) is 20.6 Å². The number of hydrogen-bond acceptors (Lipinski definition) is 5. The normalized spacial score (nSPS) is 11.0. The zero-order valence-corrected chi connectivity index (χ0v) is 11.5. The second-order valence-corrected chi connectivity index (χ2v) is 5.40. The van der Waals surface area contributed by atoms with E-state index < -0.39 is 0 Å². The van der Waals surface area contributed by atoms with Gasteiger partial charge in [-0.3, -0.25) is 9.36 Å². The van der Waals surface area contributed by atoms with Crippen molar-refractivity contribution in [2.45, 2.75) is 0 Å². The standard InChI is InChI=1S/C14H9N5OS/c20-14(12-6-3-7-21-12)19-8-10(13-15-17-18-16-13)9-4-1-2-5-11(9)19/h1-8H,(H,15,16,17,18). The van der Waals surface area contributed by atoms with Crippen LogP contribution in [0.2, 0.25) is 0 Å². The number of benzene rings is 1. The molecule has 21 heavy (non-hydrogen) atoms. The molecule has 1 N–H and O–H groups in total. The maximum Gasteiger partial charge on any atom is 0.272 e. The molecule has 0 fully saturated rings. The molecule has 0 saturated carbocycles. The Kier molecular flexibility index (Phi) is 2.65. The largest absolute Gasteiger partial charge is 0.282 e. The predicted octanol–water partition coefficient (Wildman–Crippen LogP) is 2.57. The van der Waals surface area contributed by atoms with Crippen LogP contribution < -0.4 is 0 Å². The van der Waals surface area contributed by atoms with Gasteiger partial charge < -0.3 is 0 Å². The Morgan fingerprint density at radius 2 is 2.10 bits per heavy atom. The molecule has 0 aliphatic rings. The lowest BCUT2D eigenvalue weighted by atomic mass is 10.2. The number of nitrogens with one attached hydrogen (secondary N) is 1. The lowest BCUT2D eigenvalue weighted by Crippen LogP contribution is -2.08. The van der Waals surface area contributed by atoms with Gasteiger partial charge in [0.2, 0.25) is 5.82 Å². The number of hydrogen-bond donors (Lipinski definition) is 1. The van der Waals surface area contributed by atoms with Crippen LogP contribution in [0.3, 0.4) is 0 Å². The molecule has 3 aromatic heterocycles. The van der Waals surface area contributed by atoms with Gasteiger partial charge in [0.15, 0.2) is 0 Å². The highest BCUT2D eigenvalue weighted by atomic mass is 32.1. The number of fused-ring (bicyclic) bond motifs is 1. The van der Waals surface area contributed by atoms with Crippen molar-refractivity contribution in [3.63, 3.8) is 0 Å². The fraction of sp³-hybridized carbons (Fsp3) is 0. The molecule has 6 nitrogen and oxygen atoms in total. The summed E-state index contributed by atoms with van der Waals surface area (Å²) in [7, 11) is 0. The van der Waals surface area contributed by atoms with Gasteiger partial charge in [0, 0.05) is 17.1 Å². The summed E-state index contributed by atoms with van der Waals surface area (Å²) in [6.45, 7) is 0. The minimum Gasteiger partial charge on any atom is -0.282 e. The highest BCUT2D eigenvalue weighted by Crippen LogP contribution is 2.28. The maximum atomic E-state index is 12.6. The van der Waals surface area contributed by atoms with Crippen molar-refractivity contribution >= 4 is 28.1 Å². The molecule has 0 bridgehead atoms. The SMILES string of the molecule is O=C(c1cccs1)n1cc(-c2nn[nH]n2)c2ccccc21. The summed E-state index contributed by atoms with van der Waals surface area (Å²) in [5.41, 5.74) is 1.61. The zero-order chi connectivity index (χ0) is 14.2. The van der Waals surface area contributed by atoms with Crippen molar-refractivity contribution in [2.24, 2.45) is 0 Å². The fourth-order valence-electron chi connectivity index (χ4n) is 2.32. The Morgan fingerprint density at radius 3 is 2.86 bits per heavy atom. The number of tetrazole rings is 1. The first-order valence-corrected chi connectivity index (χ1v) is 7.14.